The fraction of sp³-hybridized carbons (Fsp3) is 0.273. The molecule has 0 heteroatoms. The Kier molecular flexibility index (Phi) is 2.91. The molecule has 0 aliphatic heterocycles. The highest BCUT2D eigenvalue weighted by Gasteiger charge is 1.88. The minimum atomic E-state index is 0.961. The standard InChI is InChI=1S/C11H13/c1-3-4-5-11-8-6-10(2)7-9-11/h1,3,6-9H,4-5H2,2H3. The lowest BCUT2D eigenvalue weighted by atomic mass is 10.1. The first-order chi connectivity index (χ1) is 5.33. The Balaban J connectivity index is 2.58. The molecule has 57 valence electrons. The molecule has 1 aromatic rings. The third-order valence-electron chi connectivity index (χ3n) is 1.72. The maximum atomic E-state index is 5.28. The Hall–Kier alpha value is -1.04. The smallest absolute Gasteiger partial charge is 0.0244 e. The third kappa shape index (κ3) is 2.58. The van der Waals surface area contributed by atoms with Crippen molar-refractivity contribution in [2.75, 3.05) is 0 Å². The molecule has 0 spiro atoms. The summed E-state index contributed by atoms with van der Waals surface area (Å²) in [5, 5.41) is 0. The molecule has 1 rings (SSSR count). The van der Waals surface area contributed by atoms with Crippen molar-refractivity contribution in [2.24, 2.45) is 0 Å². The summed E-state index contributed by atoms with van der Waals surface area (Å²) in [6, 6.07) is 8.56. The topological polar surface area (TPSA) is 0 Å². The highest BCUT2D eigenvalue weighted by atomic mass is 13.9. The summed E-state index contributed by atoms with van der Waals surface area (Å²) in [7, 11) is 0. The van der Waals surface area contributed by atoms with E-state index in [1.54, 1.807) is 6.08 Å². The van der Waals surface area contributed by atoms with Gasteiger partial charge in [-0.05, 0) is 25.3 Å². The van der Waals surface area contributed by atoms with Crippen LogP contribution in [0.1, 0.15) is 17.5 Å². The molecule has 0 fully saturated rings. The molecule has 0 saturated carbocycles. The van der Waals surface area contributed by atoms with Crippen molar-refractivity contribution >= 4 is 0 Å². The van der Waals surface area contributed by atoms with Crippen molar-refractivity contribution < 1.29 is 0 Å². The summed E-state index contributed by atoms with van der Waals surface area (Å²) < 4.78 is 0. The van der Waals surface area contributed by atoms with E-state index >= 15 is 0 Å². The van der Waals surface area contributed by atoms with Crippen LogP contribution in [0.4, 0.5) is 0 Å². The predicted molar refractivity (Wildman–Crippen MR) is 48.4 cm³/mol. The minimum Gasteiger partial charge on any atom is -0.0842 e. The van der Waals surface area contributed by atoms with Gasteiger partial charge < -0.3 is 0 Å². The number of benzene rings is 1. The Labute approximate surface area is 68.6 Å². The molecule has 1 aromatic carbocycles. The second-order valence-electron chi connectivity index (χ2n) is 2.76. The molecule has 11 heavy (non-hydrogen) atoms. The van der Waals surface area contributed by atoms with Crippen LogP contribution < -0.4 is 0 Å². The van der Waals surface area contributed by atoms with Crippen molar-refractivity contribution in [3.05, 3.63) is 48.0 Å². The van der Waals surface area contributed by atoms with Crippen molar-refractivity contribution in [2.45, 2.75) is 19.8 Å². The van der Waals surface area contributed by atoms with Gasteiger partial charge >= 0.3 is 0 Å². The van der Waals surface area contributed by atoms with Crippen molar-refractivity contribution in [3.8, 4) is 0 Å². The van der Waals surface area contributed by atoms with Gasteiger partial charge in [-0.3, -0.25) is 0 Å². The van der Waals surface area contributed by atoms with Crippen molar-refractivity contribution in [3.63, 3.8) is 0 Å². The van der Waals surface area contributed by atoms with Crippen molar-refractivity contribution in [1.82, 2.24) is 0 Å². The van der Waals surface area contributed by atoms with Gasteiger partial charge in [0.05, 0.1) is 0 Å². The largest absolute Gasteiger partial charge is 0.0842 e. The Morgan fingerprint density at radius 2 is 1.91 bits per heavy atom. The molecule has 0 aromatic heterocycles. The zero-order valence-corrected chi connectivity index (χ0v) is 6.88. The van der Waals surface area contributed by atoms with E-state index < -0.39 is 0 Å². The summed E-state index contributed by atoms with van der Waals surface area (Å²) in [5.41, 5.74) is 2.67. The molecule has 0 bridgehead atoms. The van der Waals surface area contributed by atoms with Crippen LogP contribution in [-0.4, -0.2) is 0 Å². The third-order valence-corrected chi connectivity index (χ3v) is 1.72. The monoisotopic (exact) mass is 145 g/mol. The van der Waals surface area contributed by atoms with Gasteiger partial charge in [-0.25, -0.2) is 0 Å². The fourth-order valence-electron chi connectivity index (χ4n) is 1.00. The van der Waals surface area contributed by atoms with Crippen LogP contribution in [0.5, 0.6) is 0 Å². The summed E-state index contributed by atoms with van der Waals surface area (Å²) in [4.78, 5) is 0. The zero-order valence-electron chi connectivity index (χ0n) is 6.88. The van der Waals surface area contributed by atoms with E-state index in [4.69, 9.17) is 6.58 Å². The molecule has 1 radical (unpaired) electrons. The van der Waals surface area contributed by atoms with Gasteiger partial charge in [0, 0.05) is 0 Å². The van der Waals surface area contributed by atoms with Crippen LogP contribution in [0.3, 0.4) is 0 Å². The zero-order chi connectivity index (χ0) is 8.10. The van der Waals surface area contributed by atoms with Crippen LogP contribution in [0, 0.1) is 13.5 Å². The quantitative estimate of drug-likeness (QED) is 0.613. The lowest BCUT2D eigenvalue weighted by Crippen LogP contribution is -1.82. The molecular formula is C11H13. The van der Waals surface area contributed by atoms with Crippen LogP contribution in [0.2, 0.25) is 0 Å². The maximum Gasteiger partial charge on any atom is -0.0244 e. The summed E-state index contributed by atoms with van der Waals surface area (Å²) in [6.45, 7) is 7.38. The SMILES string of the molecule is [CH]=CCCc1ccc(C)cc1. The van der Waals surface area contributed by atoms with Crippen LogP contribution >= 0.6 is 0 Å². The van der Waals surface area contributed by atoms with Gasteiger partial charge in [-0.15, -0.1) is 0 Å². The first-order valence-corrected chi connectivity index (χ1v) is 3.92. The average molecular weight is 145 g/mol. The van der Waals surface area contributed by atoms with Crippen LogP contribution in [0.15, 0.2) is 30.3 Å². The second-order valence-corrected chi connectivity index (χ2v) is 2.76. The Morgan fingerprint density at radius 1 is 1.27 bits per heavy atom. The molecule has 0 N–H and O–H groups in total. The maximum absolute atomic E-state index is 5.28. The number of allylic oxidation sites excluding steroid dienone is 1. The van der Waals surface area contributed by atoms with Gasteiger partial charge in [0.25, 0.3) is 0 Å². The number of rotatable bonds is 3. The fourth-order valence-corrected chi connectivity index (χ4v) is 1.00. The van der Waals surface area contributed by atoms with Gasteiger partial charge in [0.1, 0.15) is 0 Å². The first-order valence-electron chi connectivity index (χ1n) is 3.92. The van der Waals surface area contributed by atoms with E-state index in [1.807, 2.05) is 0 Å². The number of hydrogen-bond acceptors (Lipinski definition) is 0. The van der Waals surface area contributed by atoms with E-state index in [0.29, 0.717) is 0 Å². The van der Waals surface area contributed by atoms with E-state index in [1.165, 1.54) is 11.1 Å². The van der Waals surface area contributed by atoms with Gasteiger partial charge in [-0.1, -0.05) is 42.5 Å². The van der Waals surface area contributed by atoms with Gasteiger partial charge in [0.15, 0.2) is 0 Å². The summed E-state index contributed by atoms with van der Waals surface area (Å²) >= 11 is 0. The van der Waals surface area contributed by atoms with Gasteiger partial charge in [0.2, 0.25) is 0 Å². The highest BCUT2D eigenvalue weighted by molar-refractivity contribution is 5.21. The Morgan fingerprint density at radius 3 is 2.45 bits per heavy atom. The molecule has 0 nitrogen and oxygen atoms in total. The second kappa shape index (κ2) is 3.97. The van der Waals surface area contributed by atoms with E-state index in [9.17, 15) is 0 Å². The first kappa shape index (κ1) is 8.06. The number of hydrogen-bond donors (Lipinski definition) is 0. The minimum absolute atomic E-state index is 0.961. The molecule has 0 atom stereocenters. The predicted octanol–water partition coefficient (Wildman–Crippen LogP) is 2.92. The van der Waals surface area contributed by atoms with Crippen LogP contribution in [0.25, 0.3) is 0 Å². The Bertz CT molecular complexity index is 218. The molecule has 0 heterocycles. The van der Waals surface area contributed by atoms with E-state index in [2.05, 4.69) is 31.2 Å². The number of aryl methyl sites for hydroxylation is 2. The highest BCUT2D eigenvalue weighted by Crippen LogP contribution is 2.05. The van der Waals surface area contributed by atoms with Crippen LogP contribution in [-0.2, 0) is 6.42 Å². The molecule has 0 aliphatic rings. The summed E-state index contributed by atoms with van der Waals surface area (Å²) in [6.07, 6.45) is 3.72. The van der Waals surface area contributed by atoms with Gasteiger partial charge in [-0.2, -0.15) is 0 Å². The lowest BCUT2D eigenvalue weighted by Gasteiger charge is -1.97. The van der Waals surface area contributed by atoms with Crippen molar-refractivity contribution in [1.29, 1.82) is 0 Å². The van der Waals surface area contributed by atoms with E-state index in [-0.39, 0.29) is 0 Å². The molecule has 0 aliphatic carbocycles. The molecule has 0 amide bonds. The normalized spacial score (nSPS) is 9.55. The summed E-state index contributed by atoms with van der Waals surface area (Å²) in [5.74, 6) is 0. The van der Waals surface area contributed by atoms with E-state index in [0.717, 1.165) is 12.8 Å². The average Bonchev–Trinajstić information content (AvgIpc) is 2.04. The lowest BCUT2D eigenvalue weighted by molar-refractivity contribution is 1.00. The molecular weight excluding hydrogens is 132 g/mol. The molecule has 0 saturated heterocycles. The molecule has 0 unspecified atom stereocenters.